The molecule has 0 spiro atoms. The summed E-state index contributed by atoms with van der Waals surface area (Å²) in [5, 5.41) is 0.567. The first kappa shape index (κ1) is 22.7. The molecule has 7 nitrogen and oxygen atoms in total. The zero-order chi connectivity index (χ0) is 23.5. The van der Waals surface area contributed by atoms with E-state index in [0.717, 1.165) is 21.7 Å². The molecule has 4 rings (SSSR count). The summed E-state index contributed by atoms with van der Waals surface area (Å²) in [6.45, 7) is 3.81. The van der Waals surface area contributed by atoms with Gasteiger partial charge >= 0.3 is 5.97 Å². The number of benzene rings is 2. The molecule has 0 bridgehead atoms. The molecule has 33 heavy (non-hydrogen) atoms. The smallest absolute Gasteiger partial charge is 0.311 e. The zero-order valence-electron chi connectivity index (χ0n) is 18.7. The van der Waals surface area contributed by atoms with E-state index in [1.807, 2.05) is 38.1 Å². The van der Waals surface area contributed by atoms with E-state index < -0.39 is 11.9 Å². The van der Waals surface area contributed by atoms with Crippen molar-refractivity contribution in [2.75, 3.05) is 25.2 Å². The van der Waals surface area contributed by atoms with Gasteiger partial charge in [-0.05, 0) is 38.1 Å². The number of rotatable bonds is 7. The van der Waals surface area contributed by atoms with Gasteiger partial charge in [-0.1, -0.05) is 29.8 Å². The topological polar surface area (TPSA) is 85.8 Å². The molecule has 1 aliphatic heterocycles. The highest BCUT2D eigenvalue weighted by atomic mass is 32.1. The monoisotopic (exact) mass is 464 g/mol. The van der Waals surface area contributed by atoms with Gasteiger partial charge in [0.05, 0.1) is 18.7 Å². The van der Waals surface area contributed by atoms with E-state index in [9.17, 15) is 14.4 Å². The van der Waals surface area contributed by atoms with Gasteiger partial charge in [0.2, 0.25) is 5.91 Å². The quantitative estimate of drug-likeness (QED) is 0.385. The number of hydrogen-bond acceptors (Lipinski definition) is 7. The third kappa shape index (κ3) is 4.96. The molecule has 1 unspecified atom stereocenters. The van der Waals surface area contributed by atoms with Gasteiger partial charge in [-0.15, -0.1) is 11.3 Å². The standard InChI is InChI=1S/C25H24N2O5S/c1-15-4-6-18(7-5-15)23-16(2)33-25(26-23)27-13-19(12-22(27)29)24(30)32-14-21(28)17-8-10-20(31-3)11-9-17/h4-11,19H,12-14H2,1-3H3. The van der Waals surface area contributed by atoms with Gasteiger partial charge in [-0.2, -0.15) is 0 Å². The van der Waals surface area contributed by atoms with Crippen molar-refractivity contribution >= 4 is 34.1 Å². The molecular weight excluding hydrogens is 440 g/mol. The largest absolute Gasteiger partial charge is 0.497 e. The fourth-order valence-corrected chi connectivity index (χ4v) is 4.60. The Kier molecular flexibility index (Phi) is 6.55. The van der Waals surface area contributed by atoms with Gasteiger partial charge in [-0.3, -0.25) is 19.3 Å². The lowest BCUT2D eigenvalue weighted by atomic mass is 10.1. The zero-order valence-corrected chi connectivity index (χ0v) is 19.5. The molecule has 3 aromatic rings. The fourth-order valence-electron chi connectivity index (χ4n) is 3.64. The minimum Gasteiger partial charge on any atom is -0.497 e. The Morgan fingerprint density at radius 2 is 1.79 bits per heavy atom. The summed E-state index contributed by atoms with van der Waals surface area (Å²) in [4.78, 5) is 44.7. The second kappa shape index (κ2) is 9.54. The number of Topliss-reactive ketones (excluding diaryl/α,β-unsaturated/α-hetero) is 1. The van der Waals surface area contributed by atoms with Gasteiger partial charge in [0, 0.05) is 29.0 Å². The van der Waals surface area contributed by atoms with E-state index >= 15 is 0 Å². The van der Waals surface area contributed by atoms with Crippen LogP contribution in [-0.4, -0.2) is 42.9 Å². The highest BCUT2D eigenvalue weighted by Gasteiger charge is 2.38. The predicted molar refractivity (Wildman–Crippen MR) is 126 cm³/mol. The summed E-state index contributed by atoms with van der Waals surface area (Å²) >= 11 is 1.42. The van der Waals surface area contributed by atoms with Crippen LogP contribution in [0.15, 0.2) is 48.5 Å². The molecule has 0 radical (unpaired) electrons. The maximum Gasteiger partial charge on any atom is 0.311 e. The van der Waals surface area contributed by atoms with Gasteiger partial charge in [0.15, 0.2) is 17.5 Å². The Bertz CT molecular complexity index is 1180. The number of hydrogen-bond donors (Lipinski definition) is 0. The normalized spacial score (nSPS) is 15.5. The number of esters is 1. The van der Waals surface area contributed by atoms with E-state index in [4.69, 9.17) is 9.47 Å². The van der Waals surface area contributed by atoms with Crippen molar-refractivity contribution in [2.24, 2.45) is 5.92 Å². The Balaban J connectivity index is 1.38. The van der Waals surface area contributed by atoms with Crippen LogP contribution in [0.5, 0.6) is 5.75 Å². The van der Waals surface area contributed by atoms with Crippen molar-refractivity contribution in [3.05, 3.63) is 64.5 Å². The van der Waals surface area contributed by atoms with Crippen LogP contribution in [0.4, 0.5) is 5.13 Å². The van der Waals surface area contributed by atoms with Crippen LogP contribution in [0, 0.1) is 19.8 Å². The molecule has 1 aliphatic rings. The molecule has 1 amide bonds. The second-order valence-corrected chi connectivity index (χ2v) is 9.11. The Hall–Kier alpha value is -3.52. The molecule has 8 heteroatoms. The molecule has 1 fully saturated rings. The van der Waals surface area contributed by atoms with Crippen LogP contribution in [-0.2, 0) is 14.3 Å². The number of aryl methyl sites for hydroxylation is 2. The van der Waals surface area contributed by atoms with Crippen LogP contribution < -0.4 is 9.64 Å². The molecule has 2 aromatic carbocycles. The van der Waals surface area contributed by atoms with Crippen LogP contribution in [0.3, 0.4) is 0 Å². The summed E-state index contributed by atoms with van der Waals surface area (Å²) in [5.74, 6) is -1.04. The van der Waals surface area contributed by atoms with Crippen molar-refractivity contribution in [1.82, 2.24) is 4.98 Å². The van der Waals surface area contributed by atoms with Crippen LogP contribution in [0.1, 0.15) is 27.2 Å². The average Bonchev–Trinajstić information content (AvgIpc) is 3.40. The van der Waals surface area contributed by atoms with Crippen molar-refractivity contribution in [3.63, 3.8) is 0 Å². The number of ketones is 1. The molecule has 170 valence electrons. The molecule has 0 N–H and O–H groups in total. The SMILES string of the molecule is COc1ccc(C(=O)COC(=O)C2CC(=O)N(c3nc(-c4ccc(C)cc4)c(C)s3)C2)cc1. The van der Waals surface area contributed by atoms with Crippen molar-refractivity contribution in [3.8, 4) is 17.0 Å². The first-order valence-electron chi connectivity index (χ1n) is 10.5. The number of aromatic nitrogens is 1. The molecule has 0 aliphatic carbocycles. The number of carbonyl (C=O) groups excluding carboxylic acids is 3. The third-order valence-electron chi connectivity index (χ3n) is 5.56. The van der Waals surface area contributed by atoms with Gasteiger partial charge < -0.3 is 9.47 Å². The van der Waals surface area contributed by atoms with E-state index in [2.05, 4.69) is 4.98 Å². The predicted octanol–water partition coefficient (Wildman–Crippen LogP) is 4.21. The number of methoxy groups -OCH3 is 1. The lowest BCUT2D eigenvalue weighted by Crippen LogP contribution is -2.27. The van der Waals surface area contributed by atoms with E-state index in [0.29, 0.717) is 16.4 Å². The van der Waals surface area contributed by atoms with E-state index in [-0.39, 0.29) is 31.3 Å². The third-order valence-corrected chi connectivity index (χ3v) is 6.55. The number of thiazole rings is 1. The summed E-state index contributed by atoms with van der Waals surface area (Å²) in [6.07, 6.45) is 0.0358. The number of anilines is 1. The number of nitrogens with zero attached hydrogens (tertiary/aromatic N) is 2. The Labute approximate surface area is 196 Å². The lowest BCUT2D eigenvalue weighted by molar-refractivity contribution is -0.147. The first-order valence-corrected chi connectivity index (χ1v) is 11.4. The average molecular weight is 465 g/mol. The molecular formula is C25H24N2O5S. The van der Waals surface area contributed by atoms with Gasteiger partial charge in [0.25, 0.3) is 0 Å². The maximum absolute atomic E-state index is 12.6. The summed E-state index contributed by atoms with van der Waals surface area (Å²) in [6, 6.07) is 14.6. The fraction of sp³-hybridized carbons (Fsp3) is 0.280. The highest BCUT2D eigenvalue weighted by molar-refractivity contribution is 7.16. The van der Waals surface area contributed by atoms with Crippen molar-refractivity contribution < 1.29 is 23.9 Å². The van der Waals surface area contributed by atoms with E-state index in [1.165, 1.54) is 16.2 Å². The van der Waals surface area contributed by atoms with Crippen molar-refractivity contribution in [1.29, 1.82) is 0 Å². The van der Waals surface area contributed by atoms with E-state index in [1.54, 1.807) is 31.4 Å². The second-order valence-electron chi connectivity index (χ2n) is 7.93. The minimum absolute atomic E-state index is 0.0358. The lowest BCUT2D eigenvalue weighted by Gasteiger charge is -2.13. The van der Waals surface area contributed by atoms with Gasteiger partial charge in [0.1, 0.15) is 5.75 Å². The maximum atomic E-state index is 12.6. The summed E-state index contributed by atoms with van der Waals surface area (Å²) in [5.41, 5.74) is 3.40. The molecule has 0 saturated carbocycles. The molecule has 1 atom stereocenters. The first-order chi connectivity index (χ1) is 15.9. The minimum atomic E-state index is -0.631. The van der Waals surface area contributed by atoms with Crippen LogP contribution >= 0.6 is 11.3 Å². The number of carbonyl (C=O) groups is 3. The highest BCUT2D eigenvalue weighted by Crippen LogP contribution is 2.35. The van der Waals surface area contributed by atoms with Crippen LogP contribution in [0.2, 0.25) is 0 Å². The Morgan fingerprint density at radius 1 is 1.09 bits per heavy atom. The van der Waals surface area contributed by atoms with Gasteiger partial charge in [-0.25, -0.2) is 4.98 Å². The van der Waals surface area contributed by atoms with Crippen molar-refractivity contribution in [2.45, 2.75) is 20.3 Å². The Morgan fingerprint density at radius 3 is 2.45 bits per heavy atom. The summed E-state index contributed by atoms with van der Waals surface area (Å²) < 4.78 is 10.3. The van der Waals surface area contributed by atoms with Crippen LogP contribution in [0.25, 0.3) is 11.3 Å². The number of ether oxygens (including phenoxy) is 2. The molecule has 1 aromatic heterocycles. The molecule has 1 saturated heterocycles. The molecule has 2 heterocycles. The summed E-state index contributed by atoms with van der Waals surface area (Å²) in [7, 11) is 1.54. The number of amides is 1.